The van der Waals surface area contributed by atoms with Crippen LogP contribution in [0, 0.1) is 5.82 Å². The highest BCUT2D eigenvalue weighted by Gasteiger charge is 2.27. The molecule has 0 unspecified atom stereocenters. The summed E-state index contributed by atoms with van der Waals surface area (Å²) in [5.74, 6) is 0.0242. The van der Waals surface area contributed by atoms with Crippen molar-refractivity contribution in [3.8, 4) is 0 Å². The molecule has 3 aromatic rings. The Hall–Kier alpha value is -1.47. The van der Waals surface area contributed by atoms with Crippen LogP contribution in [0.25, 0.3) is 10.2 Å². The van der Waals surface area contributed by atoms with Crippen molar-refractivity contribution in [2.24, 2.45) is 5.73 Å². The van der Waals surface area contributed by atoms with Gasteiger partial charge in [0.2, 0.25) is 0 Å². The van der Waals surface area contributed by atoms with Gasteiger partial charge in [-0.25, -0.2) is 9.37 Å². The number of fused-ring (bicyclic) bond motifs is 1. The van der Waals surface area contributed by atoms with Crippen LogP contribution in [0.4, 0.5) is 10.1 Å². The van der Waals surface area contributed by atoms with E-state index in [4.69, 9.17) is 17.3 Å². The molecule has 3 nitrogen and oxygen atoms in total. The summed E-state index contributed by atoms with van der Waals surface area (Å²) >= 11 is 11.6. The molecular weight excluding hydrogens is 449 g/mol. The number of halogens is 3. The first-order valence-electron chi connectivity index (χ1n) is 8.71. The number of benzene rings is 1. The Labute approximate surface area is 174 Å². The molecule has 0 radical (unpaired) electrons. The van der Waals surface area contributed by atoms with Crippen molar-refractivity contribution >= 4 is 54.8 Å². The van der Waals surface area contributed by atoms with E-state index in [-0.39, 0.29) is 17.8 Å². The zero-order valence-corrected chi connectivity index (χ0v) is 17.5. The molecule has 1 aromatic carbocycles. The number of anilines is 1. The minimum Gasteiger partial charge on any atom is -0.380 e. The summed E-state index contributed by atoms with van der Waals surface area (Å²) in [7, 11) is 0. The SMILES string of the molecule is N[C@@H]1CC=CC[C@H]1c1sc2c(NCc3ccccc3F)cc(Cl)nc2c1Br. The van der Waals surface area contributed by atoms with Crippen molar-refractivity contribution in [3.05, 3.63) is 68.4 Å². The normalized spacial score (nSPS) is 19.6. The average molecular weight is 467 g/mol. The lowest BCUT2D eigenvalue weighted by Crippen LogP contribution is -2.29. The molecule has 0 saturated heterocycles. The zero-order chi connectivity index (χ0) is 19.0. The number of rotatable bonds is 4. The van der Waals surface area contributed by atoms with E-state index in [9.17, 15) is 4.39 Å². The zero-order valence-electron chi connectivity index (χ0n) is 14.4. The first-order chi connectivity index (χ1) is 13.0. The molecule has 27 heavy (non-hydrogen) atoms. The highest BCUT2D eigenvalue weighted by atomic mass is 79.9. The number of hydrogen-bond donors (Lipinski definition) is 2. The molecule has 0 saturated carbocycles. The molecule has 0 amide bonds. The molecule has 0 spiro atoms. The van der Waals surface area contributed by atoms with Crippen LogP contribution in [0.3, 0.4) is 0 Å². The van der Waals surface area contributed by atoms with Crippen LogP contribution >= 0.6 is 38.9 Å². The molecule has 140 valence electrons. The van der Waals surface area contributed by atoms with E-state index >= 15 is 0 Å². The lowest BCUT2D eigenvalue weighted by Gasteiger charge is -2.24. The smallest absolute Gasteiger partial charge is 0.131 e. The van der Waals surface area contributed by atoms with E-state index < -0.39 is 0 Å². The molecule has 2 heterocycles. The maximum absolute atomic E-state index is 13.9. The number of nitrogens with one attached hydrogen (secondary N) is 1. The standard InChI is InChI=1S/C20H18BrClFN3S/c21-17-18-20(27-19(17)12-6-2-4-8-14(12)24)15(9-16(22)26-18)25-10-11-5-1-3-7-13(11)23/h1-5,7,9,12,14H,6,8,10,24H2,(H,25,26)/t12-,14-/m1/s1. The van der Waals surface area contributed by atoms with Gasteiger partial charge in [-0.15, -0.1) is 11.3 Å². The second-order valence-electron chi connectivity index (χ2n) is 6.61. The second-order valence-corrected chi connectivity index (χ2v) is 8.84. The molecule has 1 aliphatic rings. The maximum atomic E-state index is 13.9. The van der Waals surface area contributed by atoms with Crippen LogP contribution in [0.5, 0.6) is 0 Å². The Balaban J connectivity index is 1.72. The predicted octanol–water partition coefficient (Wildman–Crippen LogP) is 6.22. The molecule has 0 bridgehead atoms. The van der Waals surface area contributed by atoms with Crippen LogP contribution in [0.15, 0.2) is 47.0 Å². The molecule has 3 N–H and O–H groups in total. The first-order valence-corrected chi connectivity index (χ1v) is 10.7. The van der Waals surface area contributed by atoms with E-state index in [2.05, 4.69) is 38.4 Å². The second kappa shape index (κ2) is 7.87. The minimum absolute atomic E-state index is 0.0876. The summed E-state index contributed by atoms with van der Waals surface area (Å²) in [5, 5.41) is 3.72. The van der Waals surface area contributed by atoms with E-state index in [0.29, 0.717) is 17.3 Å². The summed E-state index contributed by atoms with van der Waals surface area (Å²) in [5.41, 5.74) is 8.63. The number of nitrogens with two attached hydrogens (primary N) is 1. The third-order valence-electron chi connectivity index (χ3n) is 4.82. The molecule has 2 aromatic heterocycles. The van der Waals surface area contributed by atoms with Gasteiger partial charge in [-0.2, -0.15) is 0 Å². The Kier molecular flexibility index (Phi) is 5.50. The van der Waals surface area contributed by atoms with Gasteiger partial charge in [0.1, 0.15) is 11.0 Å². The highest BCUT2D eigenvalue weighted by molar-refractivity contribution is 9.10. The molecule has 7 heteroatoms. The van der Waals surface area contributed by atoms with Crippen LogP contribution in [-0.4, -0.2) is 11.0 Å². The molecular formula is C20H18BrClFN3S. The van der Waals surface area contributed by atoms with Gasteiger partial charge in [0.15, 0.2) is 0 Å². The van der Waals surface area contributed by atoms with Crippen molar-refractivity contribution in [3.63, 3.8) is 0 Å². The van der Waals surface area contributed by atoms with Gasteiger partial charge in [0.25, 0.3) is 0 Å². The minimum atomic E-state index is -0.227. The van der Waals surface area contributed by atoms with Crippen LogP contribution in [0.1, 0.15) is 29.2 Å². The Morgan fingerprint density at radius 1 is 1.30 bits per heavy atom. The summed E-state index contributed by atoms with van der Waals surface area (Å²) in [6.45, 7) is 0.374. The van der Waals surface area contributed by atoms with Crippen LogP contribution in [0.2, 0.25) is 5.15 Å². The number of hydrogen-bond acceptors (Lipinski definition) is 4. The summed E-state index contributed by atoms with van der Waals surface area (Å²) in [6, 6.07) is 8.62. The van der Waals surface area contributed by atoms with E-state index in [1.165, 1.54) is 10.9 Å². The number of allylic oxidation sites excluding steroid dienone is 1. The lowest BCUT2D eigenvalue weighted by molar-refractivity contribution is 0.527. The Morgan fingerprint density at radius 2 is 2.07 bits per heavy atom. The first kappa shape index (κ1) is 18.9. The van der Waals surface area contributed by atoms with E-state index in [1.54, 1.807) is 29.5 Å². The van der Waals surface area contributed by atoms with Crippen molar-refractivity contribution in [1.82, 2.24) is 4.98 Å². The lowest BCUT2D eigenvalue weighted by atomic mass is 9.88. The fourth-order valence-electron chi connectivity index (χ4n) is 3.36. The number of thiophene rings is 1. The van der Waals surface area contributed by atoms with Crippen molar-refractivity contribution in [2.45, 2.75) is 31.3 Å². The molecule has 4 rings (SSSR count). The van der Waals surface area contributed by atoms with Gasteiger partial charge in [-0.05, 0) is 34.8 Å². The fraction of sp³-hybridized carbons (Fsp3) is 0.250. The Morgan fingerprint density at radius 3 is 2.85 bits per heavy atom. The van der Waals surface area contributed by atoms with Crippen LogP contribution < -0.4 is 11.1 Å². The van der Waals surface area contributed by atoms with Crippen molar-refractivity contribution in [2.75, 3.05) is 5.32 Å². The van der Waals surface area contributed by atoms with Gasteiger partial charge in [0, 0.05) is 35.0 Å². The van der Waals surface area contributed by atoms with Gasteiger partial charge < -0.3 is 11.1 Å². The van der Waals surface area contributed by atoms with E-state index in [0.717, 1.165) is 33.2 Å². The molecule has 1 aliphatic carbocycles. The van der Waals surface area contributed by atoms with Gasteiger partial charge in [-0.3, -0.25) is 0 Å². The number of nitrogens with zero attached hydrogens (tertiary/aromatic N) is 1. The monoisotopic (exact) mass is 465 g/mol. The summed E-state index contributed by atoms with van der Waals surface area (Å²) in [4.78, 5) is 5.69. The fourth-order valence-corrected chi connectivity index (χ4v) is 5.83. The van der Waals surface area contributed by atoms with Gasteiger partial charge >= 0.3 is 0 Å². The summed E-state index contributed by atoms with van der Waals surface area (Å²) in [6.07, 6.45) is 6.11. The van der Waals surface area contributed by atoms with Crippen molar-refractivity contribution in [1.29, 1.82) is 0 Å². The average Bonchev–Trinajstić information content (AvgIpc) is 2.98. The summed E-state index contributed by atoms with van der Waals surface area (Å²) < 4.78 is 15.9. The van der Waals surface area contributed by atoms with Crippen LogP contribution in [-0.2, 0) is 6.54 Å². The van der Waals surface area contributed by atoms with Crippen molar-refractivity contribution < 1.29 is 4.39 Å². The van der Waals surface area contributed by atoms with Gasteiger partial charge in [-0.1, -0.05) is 42.0 Å². The maximum Gasteiger partial charge on any atom is 0.131 e. The molecule has 2 atom stereocenters. The number of aromatic nitrogens is 1. The molecule has 0 aliphatic heterocycles. The topological polar surface area (TPSA) is 50.9 Å². The largest absolute Gasteiger partial charge is 0.380 e. The molecule has 0 fully saturated rings. The quantitative estimate of drug-likeness (QED) is 0.354. The number of pyridine rings is 1. The highest BCUT2D eigenvalue weighted by Crippen LogP contribution is 2.45. The predicted molar refractivity (Wildman–Crippen MR) is 115 cm³/mol. The van der Waals surface area contributed by atoms with Gasteiger partial charge in [0.05, 0.1) is 20.4 Å². The third kappa shape index (κ3) is 3.76. The Bertz CT molecular complexity index is 1020. The van der Waals surface area contributed by atoms with E-state index in [1.807, 2.05) is 6.07 Å². The third-order valence-corrected chi connectivity index (χ3v) is 7.43.